The first kappa shape index (κ1) is 14.8. The largest absolute Gasteiger partial charge is 0.368 e. The van der Waals surface area contributed by atoms with E-state index in [2.05, 4.69) is 49.6 Å². The molecule has 0 aliphatic heterocycles. The van der Waals surface area contributed by atoms with Crippen molar-refractivity contribution in [3.05, 3.63) is 34.9 Å². The number of carbonyl (C=O) groups excluding carboxylic acids is 1. The number of benzene rings is 1. The van der Waals surface area contributed by atoms with Gasteiger partial charge in [0.2, 0.25) is 5.91 Å². The molecular weight excluding hydrogens is 274 g/mol. The lowest BCUT2D eigenvalue weighted by Gasteiger charge is -2.12. The highest BCUT2D eigenvalue weighted by molar-refractivity contribution is 5.85. The molecule has 3 rings (SSSR count). The summed E-state index contributed by atoms with van der Waals surface area (Å²) in [6.07, 6.45) is 2.09. The first-order valence-corrected chi connectivity index (χ1v) is 7.95. The molecule has 1 aliphatic carbocycles. The van der Waals surface area contributed by atoms with E-state index >= 15 is 0 Å². The molecule has 1 saturated carbocycles. The van der Waals surface area contributed by atoms with Crippen LogP contribution in [-0.4, -0.2) is 24.0 Å². The van der Waals surface area contributed by atoms with Gasteiger partial charge in [-0.05, 0) is 56.4 Å². The number of pyridine rings is 1. The van der Waals surface area contributed by atoms with Crippen LogP contribution in [0.5, 0.6) is 0 Å². The zero-order valence-electron chi connectivity index (χ0n) is 13.5. The van der Waals surface area contributed by atoms with Crippen molar-refractivity contribution in [2.24, 2.45) is 5.92 Å². The number of carbonyl (C=O) groups is 1. The Morgan fingerprint density at radius 1 is 1.18 bits per heavy atom. The van der Waals surface area contributed by atoms with E-state index in [-0.39, 0.29) is 11.8 Å². The molecule has 1 amide bonds. The first-order chi connectivity index (χ1) is 10.6. The summed E-state index contributed by atoms with van der Waals surface area (Å²) in [5.41, 5.74) is 4.66. The van der Waals surface area contributed by atoms with Crippen LogP contribution in [0.1, 0.15) is 29.5 Å². The topological polar surface area (TPSA) is 54.0 Å². The van der Waals surface area contributed by atoms with Gasteiger partial charge >= 0.3 is 0 Å². The van der Waals surface area contributed by atoms with Gasteiger partial charge in [-0.3, -0.25) is 4.79 Å². The fraction of sp³-hybridized carbons (Fsp3) is 0.444. The summed E-state index contributed by atoms with van der Waals surface area (Å²) in [7, 11) is 0. The fourth-order valence-electron chi connectivity index (χ4n) is 2.62. The molecule has 0 spiro atoms. The van der Waals surface area contributed by atoms with Gasteiger partial charge in [0.15, 0.2) is 0 Å². The van der Waals surface area contributed by atoms with Gasteiger partial charge in [0, 0.05) is 24.4 Å². The Kier molecular flexibility index (Phi) is 4.01. The Balaban J connectivity index is 1.68. The minimum atomic E-state index is 0.191. The van der Waals surface area contributed by atoms with Crippen LogP contribution in [0.15, 0.2) is 18.2 Å². The molecule has 1 fully saturated rings. The quantitative estimate of drug-likeness (QED) is 0.834. The van der Waals surface area contributed by atoms with E-state index in [0.29, 0.717) is 13.1 Å². The molecule has 2 aromatic rings. The van der Waals surface area contributed by atoms with Gasteiger partial charge in [-0.1, -0.05) is 12.1 Å². The molecule has 4 heteroatoms. The number of rotatable bonds is 5. The second kappa shape index (κ2) is 5.95. The molecule has 1 heterocycles. The molecule has 0 atom stereocenters. The van der Waals surface area contributed by atoms with E-state index in [9.17, 15) is 4.79 Å². The van der Waals surface area contributed by atoms with Crippen LogP contribution in [0.4, 0.5) is 5.82 Å². The standard InChI is InChI=1S/C18H23N3O/c1-11-4-5-15-10-12(2)17(21-16(15)13(11)3)19-8-9-20-18(22)14-6-7-14/h4-5,10,14H,6-9H2,1-3H3,(H,19,21)(H,20,22). The lowest BCUT2D eigenvalue weighted by atomic mass is 10.0. The van der Waals surface area contributed by atoms with Crippen LogP contribution in [0, 0.1) is 26.7 Å². The van der Waals surface area contributed by atoms with Crippen molar-refractivity contribution >= 4 is 22.6 Å². The summed E-state index contributed by atoms with van der Waals surface area (Å²) in [6.45, 7) is 7.62. The first-order valence-electron chi connectivity index (χ1n) is 7.95. The van der Waals surface area contributed by atoms with Crippen LogP contribution in [-0.2, 0) is 4.79 Å². The summed E-state index contributed by atoms with van der Waals surface area (Å²) in [5.74, 6) is 1.37. The Bertz CT molecular complexity index is 720. The summed E-state index contributed by atoms with van der Waals surface area (Å²) in [5, 5.41) is 7.48. The predicted molar refractivity (Wildman–Crippen MR) is 90.2 cm³/mol. The zero-order valence-corrected chi connectivity index (χ0v) is 13.5. The van der Waals surface area contributed by atoms with Crippen molar-refractivity contribution in [3.63, 3.8) is 0 Å². The Hall–Kier alpha value is -2.10. The van der Waals surface area contributed by atoms with Crippen molar-refractivity contribution < 1.29 is 4.79 Å². The van der Waals surface area contributed by atoms with Crippen LogP contribution in [0.3, 0.4) is 0 Å². The molecule has 0 saturated heterocycles. The molecule has 0 radical (unpaired) electrons. The zero-order chi connectivity index (χ0) is 15.7. The summed E-state index contributed by atoms with van der Waals surface area (Å²) in [6, 6.07) is 6.43. The number of aryl methyl sites for hydroxylation is 3. The molecule has 0 unspecified atom stereocenters. The highest BCUT2D eigenvalue weighted by Crippen LogP contribution is 2.28. The van der Waals surface area contributed by atoms with Gasteiger partial charge < -0.3 is 10.6 Å². The highest BCUT2D eigenvalue weighted by Gasteiger charge is 2.28. The average Bonchev–Trinajstić information content (AvgIpc) is 3.33. The van der Waals surface area contributed by atoms with Crippen molar-refractivity contribution in [1.29, 1.82) is 0 Å². The molecule has 4 nitrogen and oxygen atoms in total. The molecule has 1 aromatic carbocycles. The monoisotopic (exact) mass is 297 g/mol. The van der Waals surface area contributed by atoms with Gasteiger partial charge in [0.05, 0.1) is 5.52 Å². The molecule has 0 bridgehead atoms. The van der Waals surface area contributed by atoms with Gasteiger partial charge in [0.25, 0.3) is 0 Å². The number of amides is 1. The van der Waals surface area contributed by atoms with Crippen molar-refractivity contribution in [3.8, 4) is 0 Å². The van der Waals surface area contributed by atoms with E-state index in [4.69, 9.17) is 4.98 Å². The number of hydrogen-bond acceptors (Lipinski definition) is 3. The molecular formula is C18H23N3O. The van der Waals surface area contributed by atoms with Crippen molar-refractivity contribution in [2.75, 3.05) is 18.4 Å². The predicted octanol–water partition coefficient (Wildman–Crippen LogP) is 3.10. The second-order valence-corrected chi connectivity index (χ2v) is 6.23. The van der Waals surface area contributed by atoms with Crippen LogP contribution in [0.2, 0.25) is 0 Å². The number of aromatic nitrogens is 1. The van der Waals surface area contributed by atoms with E-state index in [1.807, 2.05) is 0 Å². The molecule has 2 N–H and O–H groups in total. The molecule has 22 heavy (non-hydrogen) atoms. The van der Waals surface area contributed by atoms with Gasteiger partial charge in [0.1, 0.15) is 5.82 Å². The third-order valence-corrected chi connectivity index (χ3v) is 4.37. The van der Waals surface area contributed by atoms with E-state index < -0.39 is 0 Å². The number of anilines is 1. The second-order valence-electron chi connectivity index (χ2n) is 6.23. The van der Waals surface area contributed by atoms with E-state index in [1.165, 1.54) is 16.5 Å². The maximum Gasteiger partial charge on any atom is 0.223 e. The summed E-state index contributed by atoms with van der Waals surface area (Å²) >= 11 is 0. The number of fused-ring (bicyclic) bond motifs is 1. The lowest BCUT2D eigenvalue weighted by Crippen LogP contribution is -2.30. The van der Waals surface area contributed by atoms with Gasteiger partial charge in [-0.2, -0.15) is 0 Å². The molecule has 1 aliphatic rings. The lowest BCUT2D eigenvalue weighted by molar-refractivity contribution is -0.122. The highest BCUT2D eigenvalue weighted by atomic mass is 16.2. The normalized spacial score (nSPS) is 14.1. The van der Waals surface area contributed by atoms with Crippen LogP contribution in [0.25, 0.3) is 10.9 Å². The number of nitrogens with one attached hydrogen (secondary N) is 2. The minimum absolute atomic E-state index is 0.191. The van der Waals surface area contributed by atoms with E-state index in [0.717, 1.165) is 29.7 Å². The van der Waals surface area contributed by atoms with Gasteiger partial charge in [-0.15, -0.1) is 0 Å². The number of hydrogen-bond donors (Lipinski definition) is 2. The number of nitrogens with zero attached hydrogens (tertiary/aromatic N) is 1. The molecule has 116 valence electrons. The smallest absolute Gasteiger partial charge is 0.223 e. The average molecular weight is 297 g/mol. The summed E-state index contributed by atoms with van der Waals surface area (Å²) < 4.78 is 0. The Labute approximate surface area is 131 Å². The van der Waals surface area contributed by atoms with Crippen LogP contribution >= 0.6 is 0 Å². The van der Waals surface area contributed by atoms with Crippen molar-refractivity contribution in [2.45, 2.75) is 33.6 Å². The van der Waals surface area contributed by atoms with Crippen molar-refractivity contribution in [1.82, 2.24) is 10.3 Å². The third kappa shape index (κ3) is 3.06. The Morgan fingerprint density at radius 2 is 1.95 bits per heavy atom. The van der Waals surface area contributed by atoms with Gasteiger partial charge in [-0.25, -0.2) is 4.98 Å². The maximum atomic E-state index is 11.6. The third-order valence-electron chi connectivity index (χ3n) is 4.37. The Morgan fingerprint density at radius 3 is 2.68 bits per heavy atom. The maximum absolute atomic E-state index is 11.6. The molecule has 1 aromatic heterocycles. The van der Waals surface area contributed by atoms with E-state index in [1.54, 1.807) is 0 Å². The SMILES string of the molecule is Cc1cc2ccc(C)c(C)c2nc1NCCNC(=O)C1CC1. The minimum Gasteiger partial charge on any atom is -0.368 e. The summed E-state index contributed by atoms with van der Waals surface area (Å²) in [4.78, 5) is 16.4. The fourth-order valence-corrected chi connectivity index (χ4v) is 2.62. The van der Waals surface area contributed by atoms with Crippen LogP contribution < -0.4 is 10.6 Å².